The average molecular weight is 242 g/mol. The molecule has 0 saturated carbocycles. The van der Waals surface area contributed by atoms with Crippen molar-refractivity contribution in [1.82, 2.24) is 4.31 Å². The van der Waals surface area contributed by atoms with Crippen molar-refractivity contribution >= 4 is 21.6 Å². The van der Waals surface area contributed by atoms with Gasteiger partial charge in [0.25, 0.3) is 0 Å². The normalized spacial score (nSPS) is 24.3. The van der Waals surface area contributed by atoms with Crippen molar-refractivity contribution in [3.63, 3.8) is 0 Å². The monoisotopic (exact) mass is 241 g/mol. The summed E-state index contributed by atoms with van der Waals surface area (Å²) in [6.07, 6.45) is 1.38. The Kier molecular flexibility index (Phi) is 4.63. The molecule has 84 valence electrons. The van der Waals surface area contributed by atoms with Crippen molar-refractivity contribution in [2.24, 2.45) is 0 Å². The zero-order chi connectivity index (χ0) is 10.6. The van der Waals surface area contributed by atoms with Crippen molar-refractivity contribution in [1.29, 1.82) is 0 Å². The van der Waals surface area contributed by atoms with Crippen LogP contribution in [0.15, 0.2) is 0 Å². The largest absolute Gasteiger partial charge is 0.392 e. The van der Waals surface area contributed by atoms with Gasteiger partial charge in [-0.25, -0.2) is 8.42 Å². The van der Waals surface area contributed by atoms with Gasteiger partial charge in [0.05, 0.1) is 11.9 Å². The molecule has 0 unspecified atom stereocenters. The van der Waals surface area contributed by atoms with E-state index < -0.39 is 16.1 Å². The fourth-order valence-electron chi connectivity index (χ4n) is 1.47. The van der Waals surface area contributed by atoms with Crippen LogP contribution in [0, 0.1) is 0 Å². The maximum atomic E-state index is 11.6. The van der Waals surface area contributed by atoms with Gasteiger partial charge in [0.1, 0.15) is 0 Å². The van der Waals surface area contributed by atoms with Crippen LogP contribution < -0.4 is 0 Å². The van der Waals surface area contributed by atoms with E-state index in [1.165, 1.54) is 4.31 Å². The average Bonchev–Trinajstić information content (AvgIpc) is 2.53. The first-order valence-corrected chi connectivity index (χ1v) is 6.92. The maximum Gasteiger partial charge on any atom is 0.214 e. The Balaban J connectivity index is 2.41. The number of β-amino-alcohol motifs (C(OH)–C–C–N with tert-alkyl or cyclic N) is 1. The van der Waals surface area contributed by atoms with E-state index in [-0.39, 0.29) is 12.3 Å². The number of halogens is 1. The van der Waals surface area contributed by atoms with Gasteiger partial charge < -0.3 is 5.11 Å². The van der Waals surface area contributed by atoms with Crippen LogP contribution in [-0.2, 0) is 10.0 Å². The SMILES string of the molecule is O=S(=O)(CCCCCl)N1CC[C@H](O)C1. The van der Waals surface area contributed by atoms with E-state index in [2.05, 4.69) is 0 Å². The molecule has 0 radical (unpaired) electrons. The summed E-state index contributed by atoms with van der Waals surface area (Å²) in [6, 6.07) is 0. The summed E-state index contributed by atoms with van der Waals surface area (Å²) in [5.41, 5.74) is 0. The molecule has 1 atom stereocenters. The Hall–Kier alpha value is 0.160. The van der Waals surface area contributed by atoms with E-state index in [1.54, 1.807) is 0 Å². The van der Waals surface area contributed by atoms with Crippen LogP contribution in [0.3, 0.4) is 0 Å². The van der Waals surface area contributed by atoms with E-state index >= 15 is 0 Å². The quantitative estimate of drug-likeness (QED) is 0.560. The summed E-state index contributed by atoms with van der Waals surface area (Å²) in [6.45, 7) is 0.702. The third-order valence-electron chi connectivity index (χ3n) is 2.31. The van der Waals surface area contributed by atoms with Gasteiger partial charge in [-0.2, -0.15) is 4.31 Å². The first kappa shape index (κ1) is 12.2. The lowest BCUT2D eigenvalue weighted by molar-refractivity contribution is 0.189. The molecule has 0 amide bonds. The fourth-order valence-corrected chi connectivity index (χ4v) is 3.27. The number of aliphatic hydroxyl groups excluding tert-OH is 1. The number of hydrogen-bond donors (Lipinski definition) is 1. The number of rotatable bonds is 5. The Morgan fingerprint density at radius 2 is 2.14 bits per heavy atom. The van der Waals surface area contributed by atoms with Gasteiger partial charge in [-0.1, -0.05) is 0 Å². The molecule has 4 nitrogen and oxygen atoms in total. The highest BCUT2D eigenvalue weighted by Gasteiger charge is 2.29. The van der Waals surface area contributed by atoms with Crippen LogP contribution in [-0.4, -0.2) is 48.7 Å². The number of aliphatic hydroxyl groups is 1. The van der Waals surface area contributed by atoms with Crippen LogP contribution in [0.25, 0.3) is 0 Å². The first-order chi connectivity index (χ1) is 6.56. The first-order valence-electron chi connectivity index (χ1n) is 4.78. The number of unbranched alkanes of at least 4 members (excludes halogenated alkanes) is 1. The van der Waals surface area contributed by atoms with E-state index in [9.17, 15) is 13.5 Å². The molecule has 0 aromatic carbocycles. The molecule has 0 aromatic heterocycles. The summed E-state index contributed by atoms with van der Waals surface area (Å²) in [5.74, 6) is 0.643. The minimum Gasteiger partial charge on any atom is -0.392 e. The minimum atomic E-state index is -3.15. The molecule has 0 bridgehead atoms. The van der Waals surface area contributed by atoms with Gasteiger partial charge in [-0.15, -0.1) is 11.6 Å². The molecular weight excluding hydrogens is 226 g/mol. The second-order valence-corrected chi connectivity index (χ2v) is 5.98. The van der Waals surface area contributed by atoms with Crippen LogP contribution in [0.4, 0.5) is 0 Å². The molecule has 1 heterocycles. The second kappa shape index (κ2) is 5.30. The molecule has 0 aliphatic carbocycles. The Bertz CT molecular complexity index is 268. The number of nitrogens with zero attached hydrogens (tertiary/aromatic N) is 1. The van der Waals surface area contributed by atoms with Crippen LogP contribution >= 0.6 is 11.6 Å². The Morgan fingerprint density at radius 3 is 2.64 bits per heavy atom. The molecule has 6 heteroatoms. The minimum absolute atomic E-state index is 0.145. The van der Waals surface area contributed by atoms with Crippen molar-refractivity contribution in [3.8, 4) is 0 Å². The van der Waals surface area contributed by atoms with E-state index in [0.717, 1.165) is 6.42 Å². The van der Waals surface area contributed by atoms with Crippen LogP contribution in [0.1, 0.15) is 19.3 Å². The molecule has 1 aliphatic rings. The van der Waals surface area contributed by atoms with Gasteiger partial charge in [-0.3, -0.25) is 0 Å². The fraction of sp³-hybridized carbons (Fsp3) is 1.00. The predicted molar refractivity (Wildman–Crippen MR) is 55.9 cm³/mol. The van der Waals surface area contributed by atoms with E-state index in [4.69, 9.17) is 11.6 Å². The lowest BCUT2D eigenvalue weighted by Crippen LogP contribution is -2.31. The smallest absolute Gasteiger partial charge is 0.214 e. The highest BCUT2D eigenvalue weighted by atomic mass is 35.5. The molecule has 1 rings (SSSR count). The summed E-state index contributed by atoms with van der Waals surface area (Å²) in [4.78, 5) is 0. The number of sulfonamides is 1. The Labute approximate surface area is 89.9 Å². The third kappa shape index (κ3) is 3.38. The summed E-state index contributed by atoms with van der Waals surface area (Å²) >= 11 is 5.46. The maximum absolute atomic E-state index is 11.6. The Morgan fingerprint density at radius 1 is 1.43 bits per heavy atom. The van der Waals surface area contributed by atoms with Gasteiger partial charge in [0.2, 0.25) is 10.0 Å². The lowest BCUT2D eigenvalue weighted by atomic mass is 10.3. The highest BCUT2D eigenvalue weighted by Crippen LogP contribution is 2.14. The van der Waals surface area contributed by atoms with Crippen LogP contribution in [0.5, 0.6) is 0 Å². The summed E-state index contributed by atoms with van der Waals surface area (Å²) in [5, 5.41) is 9.21. The summed E-state index contributed by atoms with van der Waals surface area (Å²) < 4.78 is 24.6. The van der Waals surface area contributed by atoms with Crippen LogP contribution in [0.2, 0.25) is 0 Å². The van der Waals surface area contributed by atoms with Crippen molar-refractivity contribution < 1.29 is 13.5 Å². The highest BCUT2D eigenvalue weighted by molar-refractivity contribution is 7.89. The van der Waals surface area contributed by atoms with E-state index in [1.807, 2.05) is 0 Å². The molecule has 1 fully saturated rings. The number of hydrogen-bond acceptors (Lipinski definition) is 3. The molecule has 0 spiro atoms. The predicted octanol–water partition coefficient (Wildman–Crippen LogP) is 0.402. The van der Waals surface area contributed by atoms with Gasteiger partial charge in [0.15, 0.2) is 0 Å². The van der Waals surface area contributed by atoms with Gasteiger partial charge in [0, 0.05) is 19.0 Å². The standard InChI is InChI=1S/C8H16ClNO3S/c9-4-1-2-6-14(12,13)10-5-3-8(11)7-10/h8,11H,1-7H2/t8-/m0/s1. The topological polar surface area (TPSA) is 57.6 Å². The number of alkyl halides is 1. The van der Waals surface area contributed by atoms with E-state index in [0.29, 0.717) is 25.3 Å². The molecule has 14 heavy (non-hydrogen) atoms. The molecule has 0 aromatic rings. The van der Waals surface area contributed by atoms with Gasteiger partial charge in [-0.05, 0) is 19.3 Å². The van der Waals surface area contributed by atoms with Gasteiger partial charge >= 0.3 is 0 Å². The zero-order valence-electron chi connectivity index (χ0n) is 8.02. The zero-order valence-corrected chi connectivity index (χ0v) is 9.60. The molecule has 1 saturated heterocycles. The molecular formula is C8H16ClNO3S. The van der Waals surface area contributed by atoms with Crippen molar-refractivity contribution in [3.05, 3.63) is 0 Å². The molecule has 1 aliphatic heterocycles. The third-order valence-corrected chi connectivity index (χ3v) is 4.50. The van der Waals surface area contributed by atoms with Crippen molar-refractivity contribution in [2.75, 3.05) is 24.7 Å². The summed E-state index contributed by atoms with van der Waals surface area (Å²) in [7, 11) is -3.15. The van der Waals surface area contributed by atoms with Crippen molar-refractivity contribution in [2.45, 2.75) is 25.4 Å². The lowest BCUT2D eigenvalue weighted by Gasteiger charge is -2.15. The molecule has 1 N–H and O–H groups in total. The second-order valence-electron chi connectivity index (χ2n) is 3.51.